The Morgan fingerprint density at radius 2 is 1.78 bits per heavy atom. The molecule has 3 aliphatic rings. The lowest BCUT2D eigenvalue weighted by Gasteiger charge is -2.31. The van der Waals surface area contributed by atoms with E-state index in [0.29, 0.717) is 29.3 Å². The van der Waals surface area contributed by atoms with Crippen molar-refractivity contribution in [1.82, 2.24) is 25.3 Å². The Morgan fingerprint density at radius 1 is 1.03 bits per heavy atom. The third-order valence-electron chi connectivity index (χ3n) is 6.61. The molecule has 5 rings (SSSR count). The molecule has 2 aromatic rings. The maximum atomic E-state index is 13.0. The lowest BCUT2D eigenvalue weighted by molar-refractivity contribution is -0.136. The van der Waals surface area contributed by atoms with Crippen LogP contribution in [0.3, 0.4) is 0 Å². The van der Waals surface area contributed by atoms with Crippen LogP contribution in [0.5, 0.6) is 0 Å². The van der Waals surface area contributed by atoms with Crippen LogP contribution in [-0.4, -0.2) is 62.8 Å². The molecule has 10 nitrogen and oxygen atoms in total. The molecule has 32 heavy (non-hydrogen) atoms. The number of aromatic nitrogens is 2. The molecule has 1 atom stereocenters. The Balaban J connectivity index is 1.27. The van der Waals surface area contributed by atoms with E-state index in [-0.39, 0.29) is 18.7 Å². The van der Waals surface area contributed by atoms with Gasteiger partial charge in [-0.3, -0.25) is 39.4 Å². The number of aromatic amines is 1. The summed E-state index contributed by atoms with van der Waals surface area (Å²) in [5, 5.41) is 9.22. The van der Waals surface area contributed by atoms with Gasteiger partial charge in [0.25, 0.3) is 11.8 Å². The van der Waals surface area contributed by atoms with Crippen LogP contribution >= 0.6 is 0 Å². The summed E-state index contributed by atoms with van der Waals surface area (Å²) in [5.41, 5.74) is 9.23. The molecule has 3 aliphatic heterocycles. The van der Waals surface area contributed by atoms with Gasteiger partial charge in [-0.2, -0.15) is 5.10 Å². The van der Waals surface area contributed by atoms with Gasteiger partial charge in [0.05, 0.1) is 28.7 Å². The number of anilines is 1. The Morgan fingerprint density at radius 3 is 2.47 bits per heavy atom. The van der Waals surface area contributed by atoms with Gasteiger partial charge in [0, 0.05) is 18.9 Å². The van der Waals surface area contributed by atoms with E-state index in [1.165, 1.54) is 0 Å². The first-order chi connectivity index (χ1) is 15.4. The first-order valence-corrected chi connectivity index (χ1v) is 10.8. The zero-order chi connectivity index (χ0) is 22.4. The Hall–Kier alpha value is -3.53. The number of hydrogen-bond acceptors (Lipinski definition) is 7. The quantitative estimate of drug-likeness (QED) is 0.601. The number of rotatable bonds is 4. The van der Waals surface area contributed by atoms with Gasteiger partial charge in [-0.15, -0.1) is 0 Å². The topological polar surface area (TPSA) is 141 Å². The molecule has 2 saturated heterocycles. The van der Waals surface area contributed by atoms with Gasteiger partial charge in [0.1, 0.15) is 6.04 Å². The molecule has 10 heteroatoms. The average molecular weight is 436 g/mol. The van der Waals surface area contributed by atoms with Crippen LogP contribution in [0.25, 0.3) is 0 Å². The summed E-state index contributed by atoms with van der Waals surface area (Å²) >= 11 is 0. The Labute approximate surface area is 184 Å². The van der Waals surface area contributed by atoms with Gasteiger partial charge in [-0.05, 0) is 50.0 Å². The minimum Gasteiger partial charge on any atom is -0.396 e. The number of hydrogen-bond donors (Lipinski definition) is 3. The van der Waals surface area contributed by atoms with Crippen LogP contribution in [0.2, 0.25) is 0 Å². The minimum absolute atomic E-state index is 0.106. The molecule has 166 valence electrons. The van der Waals surface area contributed by atoms with Gasteiger partial charge < -0.3 is 5.73 Å². The number of imide groups is 2. The highest BCUT2D eigenvalue weighted by Gasteiger charge is 2.44. The fourth-order valence-electron chi connectivity index (χ4n) is 4.89. The van der Waals surface area contributed by atoms with Crippen molar-refractivity contribution >= 4 is 29.3 Å². The molecule has 4 N–H and O–H groups in total. The summed E-state index contributed by atoms with van der Waals surface area (Å²) < 4.78 is 0. The van der Waals surface area contributed by atoms with Crippen molar-refractivity contribution in [3.63, 3.8) is 0 Å². The van der Waals surface area contributed by atoms with E-state index in [1.54, 1.807) is 18.3 Å². The van der Waals surface area contributed by atoms with E-state index < -0.39 is 23.8 Å². The van der Waals surface area contributed by atoms with Crippen molar-refractivity contribution in [3.05, 3.63) is 46.8 Å². The Kier molecular flexibility index (Phi) is 5.01. The smallest absolute Gasteiger partial charge is 0.262 e. The van der Waals surface area contributed by atoms with E-state index in [2.05, 4.69) is 20.4 Å². The number of amides is 4. The molecule has 0 radical (unpaired) electrons. The molecule has 4 amide bonds. The second kappa shape index (κ2) is 7.86. The highest BCUT2D eigenvalue weighted by molar-refractivity contribution is 6.23. The van der Waals surface area contributed by atoms with Gasteiger partial charge >= 0.3 is 0 Å². The zero-order valence-corrected chi connectivity index (χ0v) is 17.5. The minimum atomic E-state index is -0.947. The number of nitrogen functional groups attached to an aromatic ring is 1. The molecule has 1 aromatic carbocycles. The van der Waals surface area contributed by atoms with E-state index in [9.17, 15) is 19.2 Å². The first kappa shape index (κ1) is 20.4. The van der Waals surface area contributed by atoms with E-state index in [0.717, 1.165) is 42.1 Å². The maximum absolute atomic E-state index is 13.0. The van der Waals surface area contributed by atoms with Crippen molar-refractivity contribution in [2.75, 3.05) is 18.8 Å². The number of piperidine rings is 2. The fourth-order valence-corrected chi connectivity index (χ4v) is 4.89. The summed E-state index contributed by atoms with van der Waals surface area (Å²) in [6.45, 7) is 2.43. The molecule has 0 bridgehead atoms. The predicted octanol–water partition coefficient (Wildman–Crippen LogP) is 0.773. The van der Waals surface area contributed by atoms with Crippen LogP contribution in [-0.2, 0) is 16.1 Å². The number of carbonyl (C=O) groups is 4. The Bertz CT molecular complexity index is 1120. The van der Waals surface area contributed by atoms with Crippen molar-refractivity contribution in [2.45, 2.75) is 44.2 Å². The number of H-pyrrole nitrogens is 1. The monoisotopic (exact) mass is 436 g/mol. The lowest BCUT2D eigenvalue weighted by atomic mass is 9.92. The van der Waals surface area contributed by atoms with Crippen LogP contribution in [0.4, 0.5) is 5.69 Å². The van der Waals surface area contributed by atoms with Crippen LogP contribution in [0, 0.1) is 0 Å². The lowest BCUT2D eigenvalue weighted by Crippen LogP contribution is -2.54. The average Bonchev–Trinajstić information content (AvgIpc) is 3.30. The molecular weight excluding hydrogens is 412 g/mol. The van der Waals surface area contributed by atoms with E-state index in [1.807, 2.05) is 6.07 Å². The van der Waals surface area contributed by atoms with Crippen molar-refractivity contribution in [2.24, 2.45) is 0 Å². The summed E-state index contributed by atoms with van der Waals surface area (Å²) in [6.07, 6.45) is 3.81. The molecule has 2 fully saturated rings. The molecule has 4 heterocycles. The standard InChI is InChI=1S/C22H24N6O4/c23-16-10-24-26-19(16)13-5-7-27(8-6-13)11-12-1-2-14-15(9-12)22(32)28(21(14)31)17-3-4-18(29)25-20(17)30/h1-2,9-10,13,17H,3-8,11,23H2,(H,24,26)(H,25,29,30). The zero-order valence-electron chi connectivity index (χ0n) is 17.5. The highest BCUT2D eigenvalue weighted by atomic mass is 16.2. The fraction of sp³-hybridized carbons (Fsp3) is 0.409. The number of likely N-dealkylation sites (tertiary alicyclic amines) is 1. The van der Waals surface area contributed by atoms with Gasteiger partial charge in [0.2, 0.25) is 11.8 Å². The third-order valence-corrected chi connectivity index (χ3v) is 6.61. The summed E-state index contributed by atoms with van der Waals surface area (Å²) in [5.74, 6) is -1.59. The number of fused-ring (bicyclic) bond motifs is 1. The first-order valence-electron chi connectivity index (χ1n) is 10.8. The third kappa shape index (κ3) is 3.46. The predicted molar refractivity (Wildman–Crippen MR) is 113 cm³/mol. The molecule has 0 aliphatic carbocycles. The van der Waals surface area contributed by atoms with Gasteiger partial charge in [0.15, 0.2) is 0 Å². The maximum Gasteiger partial charge on any atom is 0.262 e. The van der Waals surface area contributed by atoms with E-state index >= 15 is 0 Å². The largest absolute Gasteiger partial charge is 0.396 e. The molecule has 0 saturated carbocycles. The molecule has 1 unspecified atom stereocenters. The van der Waals surface area contributed by atoms with Crippen molar-refractivity contribution in [1.29, 1.82) is 0 Å². The summed E-state index contributed by atoms with van der Waals surface area (Å²) in [4.78, 5) is 52.7. The number of carbonyl (C=O) groups excluding carboxylic acids is 4. The number of nitrogens with one attached hydrogen (secondary N) is 2. The molecular formula is C22H24N6O4. The second-order valence-corrected chi connectivity index (χ2v) is 8.62. The highest BCUT2D eigenvalue weighted by Crippen LogP contribution is 2.32. The van der Waals surface area contributed by atoms with Crippen LogP contribution < -0.4 is 11.1 Å². The normalized spacial score (nSPS) is 22.4. The molecule has 1 aromatic heterocycles. The van der Waals surface area contributed by atoms with E-state index in [4.69, 9.17) is 5.73 Å². The number of nitrogens with two attached hydrogens (primary N) is 1. The summed E-state index contributed by atoms with van der Waals surface area (Å²) in [6, 6.07) is 4.32. The van der Waals surface area contributed by atoms with Crippen molar-refractivity contribution < 1.29 is 19.2 Å². The molecule has 0 spiro atoms. The van der Waals surface area contributed by atoms with Gasteiger partial charge in [-0.25, -0.2) is 0 Å². The van der Waals surface area contributed by atoms with Crippen LogP contribution in [0.15, 0.2) is 24.4 Å². The number of nitrogens with zero attached hydrogens (tertiary/aromatic N) is 3. The van der Waals surface area contributed by atoms with Crippen molar-refractivity contribution in [3.8, 4) is 0 Å². The van der Waals surface area contributed by atoms with Crippen LogP contribution in [0.1, 0.15) is 63.6 Å². The second-order valence-electron chi connectivity index (χ2n) is 8.62. The SMILES string of the molecule is Nc1cn[nH]c1C1CCN(Cc2ccc3c(c2)C(=O)N(C2CCC(=O)NC2=O)C3=O)CC1. The number of benzene rings is 1. The summed E-state index contributed by atoms with van der Waals surface area (Å²) in [7, 11) is 0. The van der Waals surface area contributed by atoms with Gasteiger partial charge in [-0.1, -0.05) is 6.07 Å².